The molecule has 1 N–H and O–H groups in total. The van der Waals surface area contributed by atoms with Crippen LogP contribution in [0.25, 0.3) is 11.5 Å². The van der Waals surface area contributed by atoms with Gasteiger partial charge in [-0.25, -0.2) is 9.78 Å². The molecule has 20 heavy (non-hydrogen) atoms. The number of carboxylic acids is 1. The molecule has 108 valence electrons. The lowest BCUT2D eigenvalue weighted by Crippen LogP contribution is -2.26. The highest BCUT2D eigenvalue weighted by molar-refractivity contribution is 7.10. The van der Waals surface area contributed by atoms with Crippen LogP contribution in [0.4, 0.5) is 0 Å². The minimum Gasteiger partial charge on any atom is -0.478 e. The summed E-state index contributed by atoms with van der Waals surface area (Å²) >= 11 is 1.50. The Morgan fingerprint density at radius 3 is 2.70 bits per heavy atom. The van der Waals surface area contributed by atoms with Crippen LogP contribution in [0.1, 0.15) is 42.1 Å². The largest absolute Gasteiger partial charge is 0.478 e. The Labute approximate surface area is 121 Å². The zero-order chi connectivity index (χ0) is 14.8. The fraction of sp³-hybridized carbons (Fsp3) is 0.429. The molecule has 2 rings (SSSR count). The first-order valence-electron chi connectivity index (χ1n) is 6.39. The van der Waals surface area contributed by atoms with Gasteiger partial charge in [0.25, 0.3) is 0 Å². The molecule has 0 aliphatic rings. The van der Waals surface area contributed by atoms with E-state index in [4.69, 9.17) is 14.3 Å². The number of carboxylic acid groups (broad SMARTS) is 1. The molecule has 5 nitrogen and oxygen atoms in total. The number of methoxy groups -OCH3 is 1. The second-order valence-electron chi connectivity index (χ2n) is 4.45. The van der Waals surface area contributed by atoms with Crippen LogP contribution in [-0.2, 0) is 10.3 Å². The number of ether oxygens (including phenoxy) is 1. The minimum absolute atomic E-state index is 0.124. The average Bonchev–Trinajstić information content (AvgIpc) is 3.10. The zero-order valence-corrected chi connectivity index (χ0v) is 12.5. The maximum atomic E-state index is 10.9. The minimum atomic E-state index is -1.01. The SMILES string of the molecule is CCC(CC)(OC)c1nc(-c2cc(C(=O)O)co2)cs1. The van der Waals surface area contributed by atoms with Crippen molar-refractivity contribution in [1.29, 1.82) is 0 Å². The van der Waals surface area contributed by atoms with E-state index < -0.39 is 5.97 Å². The number of furan rings is 1. The number of nitrogens with zero attached hydrogens (tertiary/aromatic N) is 1. The third-order valence-corrected chi connectivity index (χ3v) is 4.55. The summed E-state index contributed by atoms with van der Waals surface area (Å²) < 4.78 is 10.9. The summed E-state index contributed by atoms with van der Waals surface area (Å²) in [4.78, 5) is 15.4. The maximum Gasteiger partial charge on any atom is 0.338 e. The standard InChI is InChI=1S/C14H17NO4S/c1-4-14(5-2,18-3)13-15-10(8-20-13)11-6-9(7-19-11)12(16)17/h6-8H,4-5H2,1-3H3,(H,16,17). The van der Waals surface area contributed by atoms with Crippen molar-refractivity contribution in [2.24, 2.45) is 0 Å². The van der Waals surface area contributed by atoms with Crippen molar-refractivity contribution >= 4 is 17.3 Å². The molecule has 0 saturated carbocycles. The molecule has 0 atom stereocenters. The number of rotatable bonds is 6. The van der Waals surface area contributed by atoms with Crippen LogP contribution in [0, 0.1) is 0 Å². The molecule has 0 aliphatic heterocycles. The lowest BCUT2D eigenvalue weighted by molar-refractivity contribution is -0.0218. The van der Waals surface area contributed by atoms with Gasteiger partial charge < -0.3 is 14.3 Å². The van der Waals surface area contributed by atoms with Crippen LogP contribution < -0.4 is 0 Å². The first-order chi connectivity index (χ1) is 9.56. The predicted molar refractivity (Wildman–Crippen MR) is 76.0 cm³/mol. The van der Waals surface area contributed by atoms with Crippen LogP contribution in [0.5, 0.6) is 0 Å². The Balaban J connectivity index is 2.34. The van der Waals surface area contributed by atoms with Gasteiger partial charge in [0.1, 0.15) is 22.6 Å². The Morgan fingerprint density at radius 2 is 2.20 bits per heavy atom. The maximum absolute atomic E-state index is 10.9. The molecule has 0 fully saturated rings. The second-order valence-corrected chi connectivity index (χ2v) is 5.31. The number of hydrogen-bond donors (Lipinski definition) is 1. The fourth-order valence-electron chi connectivity index (χ4n) is 2.11. The van der Waals surface area contributed by atoms with Crippen molar-refractivity contribution in [3.8, 4) is 11.5 Å². The van der Waals surface area contributed by atoms with Crippen molar-refractivity contribution in [3.63, 3.8) is 0 Å². The van der Waals surface area contributed by atoms with Crippen LogP contribution in [-0.4, -0.2) is 23.2 Å². The van der Waals surface area contributed by atoms with Gasteiger partial charge in [0.05, 0.1) is 5.56 Å². The molecule has 0 spiro atoms. The van der Waals surface area contributed by atoms with Gasteiger partial charge in [-0.2, -0.15) is 0 Å². The molecule has 0 saturated heterocycles. The summed E-state index contributed by atoms with van der Waals surface area (Å²) in [6, 6.07) is 1.48. The summed E-state index contributed by atoms with van der Waals surface area (Å²) in [6.45, 7) is 4.12. The number of hydrogen-bond acceptors (Lipinski definition) is 5. The summed E-state index contributed by atoms with van der Waals surface area (Å²) in [5.74, 6) is -0.550. The van der Waals surface area contributed by atoms with Crippen LogP contribution in [0.2, 0.25) is 0 Å². The third-order valence-electron chi connectivity index (χ3n) is 3.53. The highest BCUT2D eigenvalue weighted by Gasteiger charge is 2.31. The molecule has 0 bridgehead atoms. The van der Waals surface area contributed by atoms with Crippen molar-refractivity contribution in [1.82, 2.24) is 4.98 Å². The summed E-state index contributed by atoms with van der Waals surface area (Å²) in [6.07, 6.45) is 2.87. The van der Waals surface area contributed by atoms with Crippen LogP contribution in [0.15, 0.2) is 22.1 Å². The predicted octanol–water partition coefficient (Wildman–Crippen LogP) is 3.76. The second kappa shape index (κ2) is 5.76. The van der Waals surface area contributed by atoms with E-state index in [0.29, 0.717) is 11.5 Å². The summed E-state index contributed by atoms with van der Waals surface area (Å²) in [5, 5.41) is 11.6. The first kappa shape index (κ1) is 14.7. The van der Waals surface area contributed by atoms with E-state index in [1.165, 1.54) is 23.7 Å². The van der Waals surface area contributed by atoms with E-state index in [2.05, 4.69) is 18.8 Å². The fourth-order valence-corrected chi connectivity index (χ4v) is 3.24. The number of carbonyl (C=O) groups is 1. The number of thiazole rings is 1. The molecule has 0 amide bonds. The third kappa shape index (κ3) is 2.48. The van der Waals surface area contributed by atoms with E-state index in [1.807, 2.05) is 5.38 Å². The van der Waals surface area contributed by atoms with E-state index in [0.717, 1.165) is 17.8 Å². The molecule has 0 aromatic carbocycles. The van der Waals surface area contributed by atoms with Gasteiger partial charge in [-0.15, -0.1) is 11.3 Å². The Kier molecular flexibility index (Phi) is 4.25. The molecule has 2 aromatic rings. The van der Waals surface area contributed by atoms with Gasteiger partial charge in [0.2, 0.25) is 0 Å². The topological polar surface area (TPSA) is 72.6 Å². The molecule has 0 unspecified atom stereocenters. The van der Waals surface area contributed by atoms with E-state index in [1.54, 1.807) is 7.11 Å². The van der Waals surface area contributed by atoms with Gasteiger partial charge >= 0.3 is 5.97 Å². The van der Waals surface area contributed by atoms with Gasteiger partial charge in [-0.05, 0) is 12.8 Å². The lowest BCUT2D eigenvalue weighted by Gasteiger charge is -2.27. The number of aromatic carboxylic acids is 1. The van der Waals surface area contributed by atoms with Crippen molar-refractivity contribution in [2.75, 3.05) is 7.11 Å². The smallest absolute Gasteiger partial charge is 0.338 e. The molecular weight excluding hydrogens is 278 g/mol. The molecule has 6 heteroatoms. The number of aromatic nitrogens is 1. The Hall–Kier alpha value is -1.66. The highest BCUT2D eigenvalue weighted by atomic mass is 32.1. The van der Waals surface area contributed by atoms with Crippen molar-refractivity contribution in [3.05, 3.63) is 28.3 Å². The summed E-state index contributed by atoms with van der Waals surface area (Å²) in [5.41, 5.74) is 0.380. The Bertz CT molecular complexity index is 590. The molecular formula is C14H17NO4S. The van der Waals surface area contributed by atoms with E-state index in [9.17, 15) is 4.79 Å². The molecule has 2 heterocycles. The van der Waals surface area contributed by atoms with Gasteiger partial charge in [-0.3, -0.25) is 0 Å². The normalized spacial score (nSPS) is 11.8. The van der Waals surface area contributed by atoms with Crippen LogP contribution in [0.3, 0.4) is 0 Å². The van der Waals surface area contributed by atoms with Gasteiger partial charge in [0.15, 0.2) is 5.76 Å². The van der Waals surface area contributed by atoms with Crippen LogP contribution >= 0.6 is 11.3 Å². The zero-order valence-electron chi connectivity index (χ0n) is 11.7. The van der Waals surface area contributed by atoms with Gasteiger partial charge in [-0.1, -0.05) is 13.8 Å². The van der Waals surface area contributed by atoms with E-state index in [-0.39, 0.29) is 11.2 Å². The average molecular weight is 295 g/mol. The quantitative estimate of drug-likeness (QED) is 0.878. The molecule has 2 aromatic heterocycles. The monoisotopic (exact) mass is 295 g/mol. The highest BCUT2D eigenvalue weighted by Crippen LogP contribution is 2.36. The van der Waals surface area contributed by atoms with Crippen molar-refractivity contribution < 1.29 is 19.1 Å². The van der Waals surface area contributed by atoms with Crippen molar-refractivity contribution in [2.45, 2.75) is 32.3 Å². The van der Waals surface area contributed by atoms with Gasteiger partial charge in [0, 0.05) is 18.6 Å². The van der Waals surface area contributed by atoms with E-state index >= 15 is 0 Å². The molecule has 0 radical (unpaired) electrons. The molecule has 0 aliphatic carbocycles. The lowest BCUT2D eigenvalue weighted by atomic mass is 9.98. The first-order valence-corrected chi connectivity index (χ1v) is 7.27. The Morgan fingerprint density at radius 1 is 1.50 bits per heavy atom. The summed E-state index contributed by atoms with van der Waals surface area (Å²) in [7, 11) is 1.68.